The Labute approximate surface area is 127 Å². The quantitative estimate of drug-likeness (QED) is 0.640. The van der Waals surface area contributed by atoms with Crippen molar-refractivity contribution >= 4 is 17.6 Å². The van der Waals surface area contributed by atoms with Gasteiger partial charge in [0.15, 0.2) is 0 Å². The Morgan fingerprint density at radius 1 is 1.23 bits per heavy atom. The summed E-state index contributed by atoms with van der Waals surface area (Å²) < 4.78 is 0. The summed E-state index contributed by atoms with van der Waals surface area (Å²) in [6, 6.07) is 5.33. The molecular formula is C15H18N2O5. The lowest BCUT2D eigenvalue weighted by Crippen LogP contribution is -2.37. The van der Waals surface area contributed by atoms with Crippen molar-refractivity contribution in [2.75, 3.05) is 6.54 Å². The minimum atomic E-state index is -0.811. The van der Waals surface area contributed by atoms with Crippen molar-refractivity contribution in [2.24, 2.45) is 11.8 Å². The van der Waals surface area contributed by atoms with Gasteiger partial charge in [-0.3, -0.25) is 19.7 Å². The fraction of sp³-hybridized carbons (Fsp3) is 0.467. The topological polar surface area (TPSA) is 110 Å². The van der Waals surface area contributed by atoms with Gasteiger partial charge in [-0.05, 0) is 30.9 Å². The van der Waals surface area contributed by atoms with Crippen molar-refractivity contribution in [2.45, 2.75) is 25.7 Å². The van der Waals surface area contributed by atoms with E-state index in [4.69, 9.17) is 0 Å². The summed E-state index contributed by atoms with van der Waals surface area (Å²) in [5, 5.41) is 22.5. The highest BCUT2D eigenvalue weighted by Gasteiger charge is 2.30. The van der Waals surface area contributed by atoms with Gasteiger partial charge in [0.1, 0.15) is 0 Å². The Morgan fingerprint density at radius 3 is 2.45 bits per heavy atom. The van der Waals surface area contributed by atoms with E-state index in [1.54, 1.807) is 0 Å². The van der Waals surface area contributed by atoms with E-state index in [0.717, 1.165) is 19.3 Å². The molecule has 118 valence electrons. The number of nitrogens with one attached hydrogen (secondary N) is 1. The Hall–Kier alpha value is -2.44. The summed E-state index contributed by atoms with van der Waals surface area (Å²) in [7, 11) is 0. The van der Waals surface area contributed by atoms with Crippen molar-refractivity contribution in [3.63, 3.8) is 0 Å². The Balaban J connectivity index is 1.94. The van der Waals surface area contributed by atoms with E-state index in [2.05, 4.69) is 5.32 Å². The number of carboxylic acid groups (broad SMARTS) is 1. The van der Waals surface area contributed by atoms with Gasteiger partial charge in [0.05, 0.1) is 10.8 Å². The first-order valence-corrected chi connectivity index (χ1v) is 7.24. The second kappa shape index (κ2) is 7.02. The fourth-order valence-electron chi connectivity index (χ4n) is 2.84. The number of rotatable bonds is 5. The average Bonchev–Trinajstić information content (AvgIpc) is 2.52. The van der Waals surface area contributed by atoms with Crippen LogP contribution >= 0.6 is 0 Å². The molecule has 1 aliphatic rings. The van der Waals surface area contributed by atoms with E-state index < -0.39 is 16.8 Å². The molecule has 1 saturated carbocycles. The molecule has 0 heterocycles. The van der Waals surface area contributed by atoms with Crippen LogP contribution in [0.2, 0.25) is 0 Å². The molecule has 0 radical (unpaired) electrons. The lowest BCUT2D eigenvalue weighted by Gasteiger charge is -2.28. The third kappa shape index (κ3) is 3.81. The van der Waals surface area contributed by atoms with Gasteiger partial charge in [-0.15, -0.1) is 0 Å². The Morgan fingerprint density at radius 2 is 1.86 bits per heavy atom. The number of nitrogens with zero attached hydrogens (tertiary/aromatic N) is 1. The SMILES string of the molecule is O=C(NC[C@@H]1CCCC[C@@H]1C(=O)O)c1ccc([N+](=O)[O-])cc1. The van der Waals surface area contributed by atoms with Gasteiger partial charge in [-0.25, -0.2) is 0 Å². The van der Waals surface area contributed by atoms with Gasteiger partial charge in [-0.2, -0.15) is 0 Å². The Bertz CT molecular complexity index is 570. The largest absolute Gasteiger partial charge is 0.481 e. The van der Waals surface area contributed by atoms with Gasteiger partial charge in [0.25, 0.3) is 11.6 Å². The molecule has 7 heteroatoms. The molecule has 7 nitrogen and oxygen atoms in total. The number of non-ortho nitro benzene ring substituents is 1. The first-order valence-electron chi connectivity index (χ1n) is 7.24. The maximum absolute atomic E-state index is 12.0. The average molecular weight is 306 g/mol. The van der Waals surface area contributed by atoms with Crippen molar-refractivity contribution < 1.29 is 19.6 Å². The van der Waals surface area contributed by atoms with E-state index in [0.29, 0.717) is 18.5 Å². The maximum Gasteiger partial charge on any atom is 0.306 e. The van der Waals surface area contributed by atoms with Gasteiger partial charge in [0, 0.05) is 24.2 Å². The molecule has 1 fully saturated rings. The molecule has 1 aromatic carbocycles. The molecular weight excluding hydrogens is 288 g/mol. The van der Waals surface area contributed by atoms with Crippen LogP contribution in [-0.2, 0) is 4.79 Å². The number of amides is 1. The smallest absolute Gasteiger partial charge is 0.306 e. The van der Waals surface area contributed by atoms with Crippen LogP contribution < -0.4 is 5.32 Å². The maximum atomic E-state index is 12.0. The highest BCUT2D eigenvalue weighted by molar-refractivity contribution is 5.94. The molecule has 0 unspecified atom stereocenters. The van der Waals surface area contributed by atoms with Crippen LogP contribution in [0.25, 0.3) is 0 Å². The number of nitro groups is 1. The van der Waals surface area contributed by atoms with Gasteiger partial charge >= 0.3 is 5.97 Å². The van der Waals surface area contributed by atoms with E-state index in [-0.39, 0.29) is 17.5 Å². The zero-order valence-electron chi connectivity index (χ0n) is 12.0. The van der Waals surface area contributed by atoms with Gasteiger partial charge in [-0.1, -0.05) is 12.8 Å². The lowest BCUT2D eigenvalue weighted by atomic mass is 9.79. The Kier molecular flexibility index (Phi) is 5.08. The normalized spacial score (nSPS) is 21.1. The molecule has 0 aliphatic heterocycles. The molecule has 1 aromatic rings. The van der Waals surface area contributed by atoms with Gasteiger partial charge in [0.2, 0.25) is 0 Å². The molecule has 0 aromatic heterocycles. The van der Waals surface area contributed by atoms with E-state index in [1.807, 2.05) is 0 Å². The highest BCUT2D eigenvalue weighted by atomic mass is 16.6. The van der Waals surface area contributed by atoms with Crippen LogP contribution in [0.4, 0.5) is 5.69 Å². The van der Waals surface area contributed by atoms with Crippen molar-refractivity contribution in [1.82, 2.24) is 5.32 Å². The van der Waals surface area contributed by atoms with Crippen LogP contribution in [0.1, 0.15) is 36.0 Å². The number of carbonyl (C=O) groups is 2. The van der Waals surface area contributed by atoms with Gasteiger partial charge < -0.3 is 10.4 Å². The zero-order chi connectivity index (χ0) is 16.1. The minimum absolute atomic E-state index is 0.0618. The molecule has 1 amide bonds. The molecule has 22 heavy (non-hydrogen) atoms. The molecule has 1 aliphatic carbocycles. The molecule has 2 rings (SSSR count). The summed E-state index contributed by atoms with van der Waals surface area (Å²) in [5.74, 6) is -1.63. The second-order valence-electron chi connectivity index (χ2n) is 5.50. The van der Waals surface area contributed by atoms with E-state index >= 15 is 0 Å². The van der Waals surface area contributed by atoms with Crippen LogP contribution in [-0.4, -0.2) is 28.5 Å². The van der Waals surface area contributed by atoms with Crippen LogP contribution in [0.3, 0.4) is 0 Å². The predicted molar refractivity (Wildman–Crippen MR) is 78.5 cm³/mol. The summed E-state index contributed by atoms with van der Waals surface area (Å²) in [5.41, 5.74) is 0.253. The van der Waals surface area contributed by atoms with Crippen molar-refractivity contribution in [1.29, 1.82) is 0 Å². The monoisotopic (exact) mass is 306 g/mol. The standard InChI is InChI=1S/C15H18N2O5/c18-14(10-5-7-12(8-6-10)17(21)22)16-9-11-3-1-2-4-13(11)15(19)20/h5-8,11,13H,1-4,9H2,(H,16,18)(H,19,20)/t11-,13-/m0/s1. The van der Waals surface area contributed by atoms with Crippen LogP contribution in [0, 0.1) is 22.0 Å². The summed E-state index contributed by atoms with van der Waals surface area (Å²) >= 11 is 0. The number of aliphatic carboxylic acids is 1. The number of hydrogen-bond acceptors (Lipinski definition) is 4. The number of nitro benzene ring substituents is 1. The second-order valence-corrected chi connectivity index (χ2v) is 5.50. The fourth-order valence-corrected chi connectivity index (χ4v) is 2.84. The molecule has 0 spiro atoms. The van der Waals surface area contributed by atoms with Crippen LogP contribution in [0.5, 0.6) is 0 Å². The summed E-state index contributed by atoms with van der Waals surface area (Å²) in [6.07, 6.45) is 3.32. The first-order chi connectivity index (χ1) is 10.5. The van der Waals surface area contributed by atoms with Crippen molar-refractivity contribution in [3.05, 3.63) is 39.9 Å². The molecule has 2 atom stereocenters. The minimum Gasteiger partial charge on any atom is -0.481 e. The first kappa shape index (κ1) is 15.9. The predicted octanol–water partition coefficient (Wildman–Crippen LogP) is 2.22. The highest BCUT2D eigenvalue weighted by Crippen LogP contribution is 2.29. The zero-order valence-corrected chi connectivity index (χ0v) is 12.0. The van der Waals surface area contributed by atoms with Crippen LogP contribution in [0.15, 0.2) is 24.3 Å². The van der Waals surface area contributed by atoms with E-state index in [9.17, 15) is 24.8 Å². The third-order valence-electron chi connectivity index (χ3n) is 4.09. The summed E-state index contributed by atoms with van der Waals surface area (Å²) in [4.78, 5) is 33.3. The number of hydrogen-bond donors (Lipinski definition) is 2. The molecule has 0 bridgehead atoms. The number of carbonyl (C=O) groups excluding carboxylic acids is 1. The van der Waals surface area contributed by atoms with E-state index in [1.165, 1.54) is 24.3 Å². The number of benzene rings is 1. The summed E-state index contributed by atoms with van der Waals surface area (Å²) in [6.45, 7) is 0.312. The number of carboxylic acids is 1. The molecule has 2 N–H and O–H groups in total. The third-order valence-corrected chi connectivity index (χ3v) is 4.09. The molecule has 0 saturated heterocycles. The lowest BCUT2D eigenvalue weighted by molar-refractivity contribution is -0.384. The van der Waals surface area contributed by atoms with Crippen molar-refractivity contribution in [3.8, 4) is 0 Å².